The predicted molar refractivity (Wildman–Crippen MR) is 111 cm³/mol. The molecule has 1 aliphatic rings. The highest BCUT2D eigenvalue weighted by Crippen LogP contribution is 2.31. The van der Waals surface area contributed by atoms with Gasteiger partial charge in [-0.3, -0.25) is 9.59 Å². The molecule has 0 aromatic heterocycles. The van der Waals surface area contributed by atoms with Crippen LogP contribution in [0, 0.1) is 0 Å². The van der Waals surface area contributed by atoms with Crippen LogP contribution >= 0.6 is 0 Å². The zero-order valence-electron chi connectivity index (χ0n) is 17.2. The molecule has 9 heteroatoms. The van der Waals surface area contributed by atoms with E-state index in [0.29, 0.717) is 24.6 Å². The van der Waals surface area contributed by atoms with Crippen molar-refractivity contribution in [3.63, 3.8) is 0 Å². The van der Waals surface area contributed by atoms with Crippen molar-refractivity contribution in [3.8, 4) is 5.75 Å². The Morgan fingerprint density at radius 1 is 0.968 bits per heavy atom. The lowest BCUT2D eigenvalue weighted by molar-refractivity contribution is -0.122. The van der Waals surface area contributed by atoms with Crippen molar-refractivity contribution in [1.29, 1.82) is 0 Å². The number of amides is 2. The minimum atomic E-state index is -0.664. The van der Waals surface area contributed by atoms with E-state index in [0.717, 1.165) is 0 Å². The molecular formula is C22H22N2O7. The third-order valence-electron chi connectivity index (χ3n) is 4.65. The number of ether oxygens (including phenoxy) is 3. The molecule has 2 aromatic carbocycles. The SMILES string of the molecule is COC(=O)c1cc(NC(=O)CCC(=O)N2CCOc3ccccc32)cc(C(=O)OC)c1. The fourth-order valence-corrected chi connectivity index (χ4v) is 3.18. The van der Waals surface area contributed by atoms with Gasteiger partial charge in [0.15, 0.2) is 0 Å². The second-order valence-corrected chi connectivity index (χ2v) is 6.69. The summed E-state index contributed by atoms with van der Waals surface area (Å²) in [6, 6.07) is 11.3. The molecule has 0 bridgehead atoms. The number of fused-ring (bicyclic) bond motifs is 1. The highest BCUT2D eigenvalue weighted by atomic mass is 16.5. The molecule has 0 unspecified atom stereocenters. The minimum absolute atomic E-state index is 0.0132. The van der Waals surface area contributed by atoms with Crippen molar-refractivity contribution in [2.75, 3.05) is 37.6 Å². The Labute approximate surface area is 178 Å². The smallest absolute Gasteiger partial charge is 0.337 e. The minimum Gasteiger partial charge on any atom is -0.490 e. The van der Waals surface area contributed by atoms with Crippen molar-refractivity contribution in [3.05, 3.63) is 53.6 Å². The van der Waals surface area contributed by atoms with Gasteiger partial charge in [-0.15, -0.1) is 0 Å². The molecule has 0 aliphatic carbocycles. The average molecular weight is 426 g/mol. The standard InChI is InChI=1S/C22H22N2O7/c1-29-21(27)14-11-15(22(28)30-2)13-16(12-14)23-19(25)7-8-20(26)24-9-10-31-18-6-4-3-5-17(18)24/h3-6,11-13H,7-10H2,1-2H3,(H,23,25). The molecule has 0 spiro atoms. The number of anilines is 2. The first kappa shape index (κ1) is 21.8. The number of hydrogen-bond acceptors (Lipinski definition) is 7. The number of carbonyl (C=O) groups is 4. The van der Waals surface area contributed by atoms with Gasteiger partial charge in [0.25, 0.3) is 0 Å². The lowest BCUT2D eigenvalue weighted by atomic mass is 10.1. The van der Waals surface area contributed by atoms with Crippen LogP contribution < -0.4 is 15.0 Å². The summed E-state index contributed by atoms with van der Waals surface area (Å²) in [6.07, 6.45) is -0.0882. The first-order valence-corrected chi connectivity index (χ1v) is 9.56. The summed E-state index contributed by atoms with van der Waals surface area (Å²) in [5.41, 5.74) is 1.06. The van der Waals surface area contributed by atoms with Crippen LogP contribution in [-0.4, -0.2) is 51.1 Å². The summed E-state index contributed by atoms with van der Waals surface area (Å²) < 4.78 is 14.9. The molecule has 162 valence electrons. The Balaban J connectivity index is 1.66. The molecule has 1 aliphatic heterocycles. The molecule has 2 amide bonds. The van der Waals surface area contributed by atoms with E-state index in [4.69, 9.17) is 4.74 Å². The number of benzene rings is 2. The number of methoxy groups -OCH3 is 2. The van der Waals surface area contributed by atoms with Crippen molar-refractivity contribution >= 4 is 35.1 Å². The topological polar surface area (TPSA) is 111 Å². The van der Waals surface area contributed by atoms with Gasteiger partial charge < -0.3 is 24.4 Å². The molecule has 31 heavy (non-hydrogen) atoms. The highest BCUT2D eigenvalue weighted by Gasteiger charge is 2.23. The summed E-state index contributed by atoms with van der Waals surface area (Å²) in [5.74, 6) is -1.34. The first-order valence-electron chi connectivity index (χ1n) is 9.56. The first-order chi connectivity index (χ1) is 14.9. The zero-order valence-corrected chi connectivity index (χ0v) is 17.2. The quantitative estimate of drug-likeness (QED) is 0.706. The molecule has 0 saturated carbocycles. The van der Waals surface area contributed by atoms with Crippen LogP contribution in [0.3, 0.4) is 0 Å². The van der Waals surface area contributed by atoms with Crippen LogP contribution in [-0.2, 0) is 19.1 Å². The van der Waals surface area contributed by atoms with E-state index in [2.05, 4.69) is 14.8 Å². The molecular weight excluding hydrogens is 404 g/mol. The third-order valence-corrected chi connectivity index (χ3v) is 4.65. The Bertz CT molecular complexity index is 984. The zero-order chi connectivity index (χ0) is 22.4. The van der Waals surface area contributed by atoms with Gasteiger partial charge in [-0.05, 0) is 30.3 Å². The van der Waals surface area contributed by atoms with Gasteiger partial charge in [-0.1, -0.05) is 12.1 Å². The van der Waals surface area contributed by atoms with E-state index in [1.807, 2.05) is 12.1 Å². The molecule has 0 saturated heterocycles. The van der Waals surface area contributed by atoms with Crippen molar-refractivity contribution in [2.45, 2.75) is 12.8 Å². The van der Waals surface area contributed by atoms with Crippen molar-refractivity contribution in [1.82, 2.24) is 0 Å². The number of carbonyl (C=O) groups excluding carboxylic acids is 4. The largest absolute Gasteiger partial charge is 0.490 e. The molecule has 0 fully saturated rings. The van der Waals surface area contributed by atoms with Gasteiger partial charge in [0, 0.05) is 18.5 Å². The van der Waals surface area contributed by atoms with Gasteiger partial charge in [0.05, 0.1) is 37.6 Å². The maximum Gasteiger partial charge on any atom is 0.337 e. The van der Waals surface area contributed by atoms with Crippen molar-refractivity contribution < 1.29 is 33.4 Å². The summed E-state index contributed by atoms with van der Waals surface area (Å²) in [4.78, 5) is 50.4. The lowest BCUT2D eigenvalue weighted by Gasteiger charge is -2.29. The molecule has 1 heterocycles. The molecule has 0 atom stereocenters. The summed E-state index contributed by atoms with van der Waals surface area (Å²) in [5, 5.41) is 2.61. The summed E-state index contributed by atoms with van der Waals surface area (Å²) in [6.45, 7) is 0.784. The number of esters is 2. The number of para-hydroxylation sites is 2. The van der Waals surface area contributed by atoms with E-state index >= 15 is 0 Å². The Morgan fingerprint density at radius 2 is 1.61 bits per heavy atom. The van der Waals surface area contributed by atoms with Gasteiger partial charge in [-0.2, -0.15) is 0 Å². The number of nitrogens with zero attached hydrogens (tertiary/aromatic N) is 1. The van der Waals surface area contributed by atoms with Crippen LogP contribution in [0.4, 0.5) is 11.4 Å². The van der Waals surface area contributed by atoms with Gasteiger partial charge in [-0.25, -0.2) is 9.59 Å². The van der Waals surface area contributed by atoms with E-state index in [1.54, 1.807) is 17.0 Å². The van der Waals surface area contributed by atoms with E-state index in [1.165, 1.54) is 32.4 Å². The molecule has 0 radical (unpaired) electrons. The second kappa shape index (κ2) is 9.75. The normalized spacial score (nSPS) is 12.3. The fourth-order valence-electron chi connectivity index (χ4n) is 3.18. The fraction of sp³-hybridized carbons (Fsp3) is 0.273. The number of nitrogens with one attached hydrogen (secondary N) is 1. The molecule has 9 nitrogen and oxygen atoms in total. The maximum absolute atomic E-state index is 12.7. The van der Waals surface area contributed by atoms with E-state index in [9.17, 15) is 19.2 Å². The maximum atomic E-state index is 12.7. The predicted octanol–water partition coefficient (Wildman–Crippen LogP) is 2.40. The molecule has 3 rings (SSSR count). The van der Waals surface area contributed by atoms with Crippen molar-refractivity contribution in [2.24, 2.45) is 0 Å². The highest BCUT2D eigenvalue weighted by molar-refractivity contribution is 6.01. The Hall–Kier alpha value is -3.88. The Kier molecular flexibility index (Phi) is 6.86. The summed E-state index contributed by atoms with van der Waals surface area (Å²) in [7, 11) is 2.42. The summed E-state index contributed by atoms with van der Waals surface area (Å²) >= 11 is 0. The van der Waals surface area contributed by atoms with Gasteiger partial charge >= 0.3 is 11.9 Å². The van der Waals surface area contributed by atoms with Crippen LogP contribution in [0.2, 0.25) is 0 Å². The van der Waals surface area contributed by atoms with Gasteiger partial charge in [0.2, 0.25) is 11.8 Å². The van der Waals surface area contributed by atoms with Crippen LogP contribution in [0.1, 0.15) is 33.6 Å². The average Bonchev–Trinajstić information content (AvgIpc) is 2.80. The lowest BCUT2D eigenvalue weighted by Crippen LogP contribution is -2.38. The van der Waals surface area contributed by atoms with Crippen LogP contribution in [0.5, 0.6) is 5.75 Å². The van der Waals surface area contributed by atoms with E-state index in [-0.39, 0.29) is 35.6 Å². The second-order valence-electron chi connectivity index (χ2n) is 6.69. The molecule has 1 N–H and O–H groups in total. The number of hydrogen-bond donors (Lipinski definition) is 1. The van der Waals surface area contributed by atoms with Crippen LogP contribution in [0.15, 0.2) is 42.5 Å². The van der Waals surface area contributed by atoms with Crippen LogP contribution in [0.25, 0.3) is 0 Å². The monoisotopic (exact) mass is 426 g/mol. The Morgan fingerprint density at radius 3 is 2.26 bits per heavy atom. The van der Waals surface area contributed by atoms with Gasteiger partial charge in [0.1, 0.15) is 12.4 Å². The van der Waals surface area contributed by atoms with E-state index < -0.39 is 17.8 Å². The molecule has 2 aromatic rings. The third kappa shape index (κ3) is 5.19. The number of rotatable bonds is 6.